The molecule has 4 aromatic rings. The van der Waals surface area contributed by atoms with Crippen molar-refractivity contribution >= 4 is 28.8 Å². The van der Waals surface area contributed by atoms with Gasteiger partial charge in [0.1, 0.15) is 11.7 Å². The monoisotopic (exact) mass is 506 g/mol. The molecule has 1 aliphatic carbocycles. The molecule has 2 aromatic carbocycles. The Hall–Kier alpha value is -4.74. The summed E-state index contributed by atoms with van der Waals surface area (Å²) in [4.78, 5) is 37.4. The van der Waals surface area contributed by atoms with Crippen LogP contribution in [0.3, 0.4) is 0 Å². The zero-order chi connectivity index (χ0) is 25.6. The van der Waals surface area contributed by atoms with E-state index in [4.69, 9.17) is 10.8 Å². The van der Waals surface area contributed by atoms with Crippen LogP contribution in [-0.4, -0.2) is 27.8 Å². The molecule has 2 heterocycles. The maximum absolute atomic E-state index is 13.9. The highest BCUT2D eigenvalue weighted by Crippen LogP contribution is 2.30. The fourth-order valence-corrected chi connectivity index (χ4v) is 4.69. The summed E-state index contributed by atoms with van der Waals surface area (Å²) in [5.74, 6) is 2.36. The highest BCUT2D eigenvalue weighted by atomic mass is 32.1. The molecule has 182 valence electrons. The second-order valence-electron chi connectivity index (χ2n) is 8.25. The lowest BCUT2D eigenvalue weighted by atomic mass is 10.0. The Balaban J connectivity index is 1.53. The number of benzene rings is 2. The Morgan fingerprint density at radius 3 is 2.62 bits per heavy atom. The molecule has 1 aliphatic rings. The number of thiazole rings is 1. The van der Waals surface area contributed by atoms with E-state index in [0.717, 1.165) is 16.7 Å². The first-order valence-corrected chi connectivity index (χ1v) is 12.4. The highest BCUT2D eigenvalue weighted by Gasteiger charge is 2.35. The van der Waals surface area contributed by atoms with Gasteiger partial charge in [-0.25, -0.2) is 9.97 Å². The van der Waals surface area contributed by atoms with E-state index in [-0.39, 0.29) is 11.6 Å². The molecule has 0 saturated heterocycles. The van der Waals surface area contributed by atoms with Gasteiger partial charge < -0.3 is 9.73 Å². The first kappa shape index (κ1) is 24.0. The number of allylic oxidation sites excluding steroid dienone is 3. The molecule has 0 aliphatic heterocycles. The summed E-state index contributed by atoms with van der Waals surface area (Å²) in [5, 5.41) is 5.03. The molecule has 0 spiro atoms. The third kappa shape index (κ3) is 5.27. The van der Waals surface area contributed by atoms with Gasteiger partial charge in [-0.3, -0.25) is 14.5 Å². The van der Waals surface area contributed by atoms with Gasteiger partial charge in [0.2, 0.25) is 5.91 Å². The number of nitrogens with zero attached hydrogens (tertiary/aromatic N) is 3. The van der Waals surface area contributed by atoms with Crippen molar-refractivity contribution in [2.45, 2.75) is 19.0 Å². The van der Waals surface area contributed by atoms with Crippen molar-refractivity contribution in [1.29, 1.82) is 0 Å². The van der Waals surface area contributed by atoms with Crippen molar-refractivity contribution < 1.29 is 14.0 Å². The van der Waals surface area contributed by atoms with Gasteiger partial charge in [-0.15, -0.1) is 17.8 Å². The van der Waals surface area contributed by atoms with E-state index in [2.05, 4.69) is 21.2 Å². The Morgan fingerprint density at radius 2 is 1.97 bits per heavy atom. The van der Waals surface area contributed by atoms with Gasteiger partial charge in [-0.2, -0.15) is 0 Å². The lowest BCUT2D eigenvalue weighted by Gasteiger charge is -2.32. The van der Waals surface area contributed by atoms with Crippen molar-refractivity contribution in [2.75, 3.05) is 4.90 Å². The summed E-state index contributed by atoms with van der Waals surface area (Å²) in [5.41, 5.74) is 3.27. The van der Waals surface area contributed by atoms with Gasteiger partial charge in [0, 0.05) is 23.2 Å². The number of hydrogen-bond donors (Lipinski definition) is 1. The fraction of sp³-hybridized carbons (Fsp3) is 0.103. The van der Waals surface area contributed by atoms with Crippen LogP contribution in [0.2, 0.25) is 0 Å². The molecule has 7 nitrogen and oxygen atoms in total. The largest absolute Gasteiger partial charge is 0.444 e. The van der Waals surface area contributed by atoms with Crippen LogP contribution in [0.5, 0.6) is 0 Å². The molecule has 0 fully saturated rings. The van der Waals surface area contributed by atoms with Crippen LogP contribution in [0.25, 0.3) is 11.3 Å². The average molecular weight is 507 g/mol. The highest BCUT2D eigenvalue weighted by molar-refractivity contribution is 7.10. The van der Waals surface area contributed by atoms with Gasteiger partial charge in [0.15, 0.2) is 17.2 Å². The number of rotatable bonds is 8. The van der Waals surface area contributed by atoms with E-state index < -0.39 is 11.9 Å². The van der Waals surface area contributed by atoms with Gasteiger partial charge in [0.25, 0.3) is 5.91 Å². The lowest BCUT2D eigenvalue weighted by Crippen LogP contribution is -2.51. The van der Waals surface area contributed by atoms with Crippen LogP contribution in [-0.2, 0) is 11.3 Å². The minimum Gasteiger partial charge on any atom is -0.444 e. The molecule has 1 unspecified atom stereocenters. The number of hydrogen-bond acceptors (Lipinski definition) is 6. The topological polar surface area (TPSA) is 88.3 Å². The molecule has 1 N–H and O–H groups in total. The number of amides is 2. The minimum atomic E-state index is -0.890. The van der Waals surface area contributed by atoms with E-state index in [1.165, 1.54) is 22.6 Å². The molecule has 0 radical (unpaired) electrons. The van der Waals surface area contributed by atoms with Crippen LogP contribution < -0.4 is 10.2 Å². The van der Waals surface area contributed by atoms with Crippen LogP contribution in [0.15, 0.2) is 101 Å². The second-order valence-corrected chi connectivity index (χ2v) is 9.11. The number of terminal acetylenes is 1. The summed E-state index contributed by atoms with van der Waals surface area (Å²) in [6, 6.07) is 16.0. The number of carbonyl (C=O) groups excluding carboxylic acids is 2. The van der Waals surface area contributed by atoms with Crippen LogP contribution in [0.4, 0.5) is 5.69 Å². The third-order valence-electron chi connectivity index (χ3n) is 5.90. The van der Waals surface area contributed by atoms with Gasteiger partial charge in [0.05, 0.1) is 6.20 Å². The first-order chi connectivity index (χ1) is 18.1. The van der Waals surface area contributed by atoms with Crippen molar-refractivity contribution in [3.05, 3.63) is 113 Å². The summed E-state index contributed by atoms with van der Waals surface area (Å²) in [6.45, 7) is 0.335. The summed E-state index contributed by atoms with van der Waals surface area (Å²) in [6.07, 6.45) is 14.7. The molecular formula is C29H22N4O3S. The number of nitrogens with one attached hydrogen (secondary N) is 1. The van der Waals surface area contributed by atoms with E-state index in [1.807, 2.05) is 60.7 Å². The molecule has 0 bridgehead atoms. The van der Waals surface area contributed by atoms with Crippen molar-refractivity contribution in [1.82, 2.24) is 15.3 Å². The molecule has 1 atom stereocenters. The van der Waals surface area contributed by atoms with Crippen LogP contribution in [0.1, 0.15) is 27.5 Å². The van der Waals surface area contributed by atoms with Gasteiger partial charge >= 0.3 is 0 Å². The van der Waals surface area contributed by atoms with Crippen molar-refractivity contribution in [3.63, 3.8) is 0 Å². The molecular weight excluding hydrogens is 484 g/mol. The minimum absolute atomic E-state index is 0.185. The maximum atomic E-state index is 13.9. The summed E-state index contributed by atoms with van der Waals surface area (Å²) >= 11 is 1.21. The fourth-order valence-electron chi connectivity index (χ4n) is 4.09. The number of carbonyl (C=O) groups is 2. The molecule has 37 heavy (non-hydrogen) atoms. The normalized spacial score (nSPS) is 13.0. The predicted octanol–water partition coefficient (Wildman–Crippen LogP) is 5.00. The Kier molecular flexibility index (Phi) is 7.06. The summed E-state index contributed by atoms with van der Waals surface area (Å²) < 4.78 is 5.39. The van der Waals surface area contributed by atoms with E-state index in [9.17, 15) is 9.59 Å². The van der Waals surface area contributed by atoms with Crippen molar-refractivity contribution in [3.8, 4) is 23.7 Å². The standard InChI is InChI=1S/C29H22N4O3S/c1-2-26-32-24(18-37-26)29(35)33(23-14-12-21(13-15-23)25-17-30-19-36-25)27(22-10-6-7-11-22)28(34)31-16-20-8-4-3-5-9-20/h1,3-10,12-15,17-19,27H,11,16H2,(H,31,34). The smallest absolute Gasteiger partial charge is 0.278 e. The van der Waals surface area contributed by atoms with E-state index in [0.29, 0.717) is 29.4 Å². The van der Waals surface area contributed by atoms with Crippen LogP contribution in [0, 0.1) is 12.3 Å². The lowest BCUT2D eigenvalue weighted by molar-refractivity contribution is -0.121. The van der Waals surface area contributed by atoms with Crippen molar-refractivity contribution in [2.24, 2.45) is 0 Å². The maximum Gasteiger partial charge on any atom is 0.278 e. The second kappa shape index (κ2) is 10.9. The number of aromatic nitrogens is 2. The zero-order valence-electron chi connectivity index (χ0n) is 19.7. The Bertz CT molecular complexity index is 1500. The average Bonchev–Trinajstić information content (AvgIpc) is 3.74. The van der Waals surface area contributed by atoms with Gasteiger partial charge in [-0.05, 0) is 47.7 Å². The van der Waals surface area contributed by atoms with E-state index in [1.54, 1.807) is 23.7 Å². The zero-order valence-corrected chi connectivity index (χ0v) is 20.5. The Labute approximate surface area is 218 Å². The number of oxazole rings is 1. The first-order valence-electron chi connectivity index (χ1n) is 11.6. The number of anilines is 1. The molecule has 8 heteroatoms. The SMILES string of the molecule is C#Cc1nc(C(=O)N(c2ccc(-c3cnco3)cc2)C(C(=O)NCc2ccccc2)C2=CC=CC2)cs1. The molecule has 2 amide bonds. The van der Waals surface area contributed by atoms with E-state index >= 15 is 0 Å². The third-order valence-corrected chi connectivity index (χ3v) is 6.67. The van der Waals surface area contributed by atoms with Gasteiger partial charge in [-0.1, -0.05) is 48.6 Å². The quantitative estimate of drug-likeness (QED) is 0.340. The molecule has 2 aromatic heterocycles. The molecule has 5 rings (SSSR count). The Morgan fingerprint density at radius 1 is 1.16 bits per heavy atom. The molecule has 0 saturated carbocycles. The predicted molar refractivity (Wildman–Crippen MR) is 143 cm³/mol. The summed E-state index contributed by atoms with van der Waals surface area (Å²) in [7, 11) is 0. The van der Waals surface area contributed by atoms with Crippen LogP contribution >= 0.6 is 11.3 Å².